The predicted octanol–water partition coefficient (Wildman–Crippen LogP) is 1.53. The van der Waals surface area contributed by atoms with E-state index < -0.39 is 55.1 Å². The molecule has 2 unspecified atom stereocenters. The van der Waals surface area contributed by atoms with Gasteiger partial charge in [0, 0.05) is 6.54 Å². The third kappa shape index (κ3) is 8.89. The van der Waals surface area contributed by atoms with Crippen molar-refractivity contribution in [2.75, 3.05) is 19.8 Å². The maximum Gasteiger partial charge on any atom is 0.237 e. The Hall–Kier alpha value is -0.720. The van der Waals surface area contributed by atoms with Gasteiger partial charge in [0.2, 0.25) is 13.9 Å². The van der Waals surface area contributed by atoms with E-state index in [1.54, 1.807) is 43.5 Å². The van der Waals surface area contributed by atoms with Gasteiger partial charge in [-0.05, 0) is 44.6 Å². The number of hydrogen-bond donors (Lipinski definition) is 6. The Labute approximate surface area is 234 Å². The largest absolute Gasteiger partial charge is 0.388 e. The number of aliphatic hydroxyl groups is 4. The van der Waals surface area contributed by atoms with E-state index in [-0.39, 0.29) is 11.9 Å². The number of ether oxygens (including phenoxy) is 1. The Morgan fingerprint density at radius 1 is 1.24 bits per heavy atom. The number of benzene rings is 1. The van der Waals surface area contributed by atoms with Crippen LogP contribution in [0.3, 0.4) is 0 Å². The molecule has 218 valence electrons. The zero-order valence-electron chi connectivity index (χ0n) is 22.2. The Morgan fingerprint density at radius 2 is 1.87 bits per heavy atom. The first-order chi connectivity index (χ1) is 17.9. The van der Waals surface area contributed by atoms with Gasteiger partial charge in [0.25, 0.3) is 0 Å². The number of likely N-dealkylation sites (tertiary alicyclic amines) is 1. The number of carbonyl (C=O) groups is 1. The van der Waals surface area contributed by atoms with Gasteiger partial charge in [-0.3, -0.25) is 14.3 Å². The van der Waals surface area contributed by atoms with Gasteiger partial charge < -0.3 is 35.4 Å². The van der Waals surface area contributed by atoms with Crippen molar-refractivity contribution in [2.24, 2.45) is 5.92 Å². The lowest BCUT2D eigenvalue weighted by molar-refractivity contribution is -0.205. The Balaban J connectivity index is 0.000000384. The molecule has 10 nitrogen and oxygen atoms in total. The number of aliphatic hydroxyl groups excluding tert-OH is 4. The molecule has 2 saturated heterocycles. The molecule has 38 heavy (non-hydrogen) atoms. The van der Waals surface area contributed by atoms with Crippen LogP contribution in [0.1, 0.15) is 44.5 Å². The van der Waals surface area contributed by atoms with Crippen LogP contribution in [-0.4, -0.2) is 103 Å². The highest BCUT2D eigenvalue weighted by molar-refractivity contribution is 7.99. The molecular formula is C25H42ClN2O8PS. The summed E-state index contributed by atoms with van der Waals surface area (Å²) < 4.78 is 16.2. The maximum atomic E-state index is 12.9. The van der Waals surface area contributed by atoms with Gasteiger partial charge in [0.15, 0.2) is 5.85 Å². The summed E-state index contributed by atoms with van der Waals surface area (Å²) in [6.45, 7) is 4.74. The molecule has 2 fully saturated rings. The average Bonchev–Trinajstić information content (AvgIpc) is 3.26. The molecule has 13 heteroatoms. The fourth-order valence-corrected chi connectivity index (χ4v) is 6.25. The number of thioether (sulfide) groups is 1. The highest BCUT2D eigenvalue weighted by Crippen LogP contribution is 2.34. The van der Waals surface area contributed by atoms with Crippen LogP contribution in [0.4, 0.5) is 0 Å². The number of nitrogens with one attached hydrogen (secondary N) is 1. The number of rotatable bonds is 9. The SMILES string of the molecule is CCC[C@@H]1C[C@@H](C(=O)N[C@@H]([C@H]2O[C@H](SC)[C@H](O)[C@@H](O)[C@H]2O)[C@H](C)Cl)N(C)C1.O=[PH](O)C(O)c1ccccc1. The smallest absolute Gasteiger partial charge is 0.237 e. The van der Waals surface area contributed by atoms with E-state index in [1.807, 2.05) is 11.9 Å². The lowest BCUT2D eigenvalue weighted by Crippen LogP contribution is -2.65. The molecule has 3 rings (SSSR count). The van der Waals surface area contributed by atoms with Crippen LogP contribution in [0.5, 0.6) is 0 Å². The first kappa shape index (κ1) is 33.5. The van der Waals surface area contributed by atoms with E-state index in [9.17, 15) is 24.7 Å². The molecule has 2 aliphatic rings. The van der Waals surface area contributed by atoms with Crippen LogP contribution in [-0.2, 0) is 14.1 Å². The van der Waals surface area contributed by atoms with E-state index in [0.29, 0.717) is 11.5 Å². The van der Waals surface area contributed by atoms with Crippen LogP contribution >= 0.6 is 31.4 Å². The second-order valence-corrected chi connectivity index (χ2v) is 12.7. The summed E-state index contributed by atoms with van der Waals surface area (Å²) in [6.07, 6.45) is -0.0980. The minimum atomic E-state index is -2.86. The molecule has 0 radical (unpaired) electrons. The van der Waals surface area contributed by atoms with Crippen molar-refractivity contribution in [3.05, 3.63) is 35.9 Å². The fourth-order valence-electron chi connectivity index (χ4n) is 4.89. The van der Waals surface area contributed by atoms with E-state index in [4.69, 9.17) is 26.3 Å². The molecule has 1 aromatic rings. The highest BCUT2D eigenvalue weighted by Gasteiger charge is 2.48. The number of likely N-dealkylation sites (N-methyl/N-ethyl adjacent to an activating group) is 1. The van der Waals surface area contributed by atoms with Crippen molar-refractivity contribution in [2.45, 2.75) is 86.3 Å². The second-order valence-electron chi connectivity index (χ2n) is 9.89. The monoisotopic (exact) mass is 596 g/mol. The number of alkyl halides is 1. The number of halogens is 1. The van der Waals surface area contributed by atoms with Crippen molar-refractivity contribution >= 4 is 37.3 Å². The third-order valence-corrected chi connectivity index (χ3v) is 8.91. The van der Waals surface area contributed by atoms with E-state index >= 15 is 0 Å². The second kappa shape index (κ2) is 15.9. The van der Waals surface area contributed by atoms with Crippen molar-refractivity contribution in [3.63, 3.8) is 0 Å². The quantitative estimate of drug-likeness (QED) is 0.182. The zero-order valence-corrected chi connectivity index (χ0v) is 24.8. The Morgan fingerprint density at radius 3 is 2.39 bits per heavy atom. The molecule has 0 aliphatic carbocycles. The van der Waals surface area contributed by atoms with Crippen LogP contribution < -0.4 is 5.32 Å². The molecule has 1 amide bonds. The number of hydrogen-bond acceptors (Lipinski definition) is 9. The normalized spacial score (nSPS) is 32.9. The predicted molar refractivity (Wildman–Crippen MR) is 149 cm³/mol. The van der Waals surface area contributed by atoms with Crippen LogP contribution in [0.2, 0.25) is 0 Å². The van der Waals surface area contributed by atoms with Gasteiger partial charge in [-0.15, -0.1) is 23.4 Å². The molecule has 11 atom stereocenters. The van der Waals surface area contributed by atoms with Crippen LogP contribution in [0.25, 0.3) is 0 Å². The number of carbonyl (C=O) groups excluding carboxylic acids is 1. The van der Waals surface area contributed by atoms with Gasteiger partial charge in [-0.25, -0.2) is 0 Å². The lowest BCUT2D eigenvalue weighted by Gasteiger charge is -2.44. The molecule has 2 aliphatic heterocycles. The number of amides is 1. The molecule has 2 heterocycles. The average molecular weight is 597 g/mol. The van der Waals surface area contributed by atoms with Crippen LogP contribution in [0.15, 0.2) is 30.3 Å². The lowest BCUT2D eigenvalue weighted by atomic mass is 9.92. The zero-order chi connectivity index (χ0) is 28.6. The number of nitrogens with zero attached hydrogens (tertiary/aromatic N) is 1. The third-order valence-electron chi connectivity index (χ3n) is 6.98. The van der Waals surface area contributed by atoms with Crippen molar-refractivity contribution in [1.82, 2.24) is 10.2 Å². The van der Waals surface area contributed by atoms with E-state index in [1.165, 1.54) is 11.8 Å². The molecular weight excluding hydrogens is 555 g/mol. The minimum absolute atomic E-state index is 0.147. The summed E-state index contributed by atoms with van der Waals surface area (Å²) in [5.41, 5.74) is -0.217. The summed E-state index contributed by atoms with van der Waals surface area (Å²) in [6, 6.07) is 7.50. The molecule has 0 saturated carbocycles. The van der Waals surface area contributed by atoms with Crippen molar-refractivity contribution < 1.29 is 39.4 Å². The summed E-state index contributed by atoms with van der Waals surface area (Å²) in [5, 5.41) is 42.1. The summed E-state index contributed by atoms with van der Waals surface area (Å²) in [7, 11) is -0.920. The summed E-state index contributed by atoms with van der Waals surface area (Å²) in [4.78, 5) is 23.5. The van der Waals surface area contributed by atoms with Crippen molar-refractivity contribution in [3.8, 4) is 0 Å². The Kier molecular flexibility index (Phi) is 14.0. The molecule has 1 aromatic carbocycles. The molecule has 6 N–H and O–H groups in total. The topological polar surface area (TPSA) is 160 Å². The van der Waals surface area contributed by atoms with Crippen LogP contribution in [0, 0.1) is 5.92 Å². The minimum Gasteiger partial charge on any atom is -0.388 e. The summed E-state index contributed by atoms with van der Waals surface area (Å²) >= 11 is 7.55. The van der Waals surface area contributed by atoms with E-state index in [0.717, 1.165) is 25.8 Å². The van der Waals surface area contributed by atoms with Gasteiger partial charge in [-0.1, -0.05) is 43.7 Å². The standard InChI is InChI=1S/C18H33ClN2O5S.C7H9O3P/c1-5-6-10-7-11(21(3)8-10)17(25)20-12(9(2)19)16-14(23)13(22)15(24)18(26-16)27-4;8-7(11(9)10)6-4-2-1-3-5-6/h9-16,18,22-24H,5-8H2,1-4H3,(H,20,25);1-5,7-8,11H,(H,9,10)/t9-,10+,11-,12+,13-,14+,15+,16+,18+;/m0./s1. The highest BCUT2D eigenvalue weighted by atomic mass is 35.5. The Bertz CT molecular complexity index is 886. The molecule has 0 spiro atoms. The van der Waals surface area contributed by atoms with Gasteiger partial charge in [0.05, 0.1) is 17.5 Å². The van der Waals surface area contributed by atoms with Gasteiger partial charge in [-0.2, -0.15) is 0 Å². The van der Waals surface area contributed by atoms with E-state index in [2.05, 4.69) is 12.2 Å². The molecule has 0 aromatic heterocycles. The first-order valence-electron chi connectivity index (χ1n) is 12.8. The van der Waals surface area contributed by atoms with Crippen molar-refractivity contribution in [1.29, 1.82) is 0 Å². The maximum absolute atomic E-state index is 12.9. The van der Waals surface area contributed by atoms with Gasteiger partial charge >= 0.3 is 0 Å². The van der Waals surface area contributed by atoms with Gasteiger partial charge in [0.1, 0.15) is 29.9 Å². The fraction of sp³-hybridized carbons (Fsp3) is 0.720. The summed E-state index contributed by atoms with van der Waals surface area (Å²) in [5.74, 6) is -0.871. The molecule has 0 bridgehead atoms. The first-order valence-corrected chi connectivity index (χ1v) is 15.9.